The second kappa shape index (κ2) is 12.4. The van der Waals surface area contributed by atoms with Crippen molar-refractivity contribution in [1.29, 1.82) is 0 Å². The van der Waals surface area contributed by atoms with Gasteiger partial charge in [-0.1, -0.05) is 35.9 Å². The Hall–Kier alpha value is -3.06. The second-order valence-electron chi connectivity index (χ2n) is 11.1. The molecule has 0 spiro atoms. The Morgan fingerprint density at radius 3 is 2.49 bits per heavy atom. The van der Waals surface area contributed by atoms with Crippen LogP contribution in [-0.2, 0) is 14.3 Å². The maximum Gasteiger partial charge on any atom is 0.413 e. The molecular formula is C28H33ClF3N4O5-. The number of amides is 2. The molecule has 1 saturated heterocycles. The molecule has 13 heteroatoms. The smallest absolute Gasteiger partial charge is 0.413 e. The molecule has 2 atom stereocenters. The van der Waals surface area contributed by atoms with Gasteiger partial charge in [-0.25, -0.2) is 18.0 Å². The third-order valence-electron chi connectivity index (χ3n) is 6.78. The molecule has 1 N–H and O–H groups in total. The quantitative estimate of drug-likeness (QED) is 0.392. The van der Waals surface area contributed by atoms with Gasteiger partial charge in [-0.3, -0.25) is 19.9 Å². The molecule has 9 nitrogen and oxygen atoms in total. The number of nitrogens with one attached hydrogen (secondary N) is 1. The van der Waals surface area contributed by atoms with E-state index in [1.807, 2.05) is 0 Å². The Morgan fingerprint density at radius 2 is 1.85 bits per heavy atom. The zero-order chi connectivity index (χ0) is 29.9. The zero-order valence-corrected chi connectivity index (χ0v) is 23.7. The zero-order valence-electron chi connectivity index (χ0n) is 23.0. The first kappa shape index (κ1) is 30.9. The lowest BCUT2D eigenvalue weighted by Crippen LogP contribution is -2.58. The molecule has 1 aliphatic heterocycles. The van der Waals surface area contributed by atoms with Crippen LogP contribution in [0.1, 0.15) is 58.1 Å². The molecule has 2 amide bonds. The largest absolute Gasteiger partial charge is 0.766 e. The number of carbonyl (C=O) groups excluding carboxylic acids is 2. The monoisotopic (exact) mass is 597 g/mol. The highest BCUT2D eigenvalue weighted by atomic mass is 35.5. The third kappa shape index (κ3) is 7.62. The summed E-state index contributed by atoms with van der Waals surface area (Å²) in [6, 6.07) is 9.33. The first-order valence-corrected chi connectivity index (χ1v) is 13.6. The molecule has 0 radical (unpaired) electrons. The van der Waals surface area contributed by atoms with Gasteiger partial charge in [0.15, 0.2) is 0 Å². The van der Waals surface area contributed by atoms with Crippen molar-refractivity contribution in [2.45, 2.75) is 76.2 Å². The number of carbonyl (C=O) groups is 2. The Balaban J connectivity index is 1.75. The van der Waals surface area contributed by atoms with Crippen LogP contribution < -0.4 is 10.3 Å². The van der Waals surface area contributed by atoms with E-state index in [4.69, 9.17) is 21.1 Å². The Bertz CT molecular complexity index is 1240. The van der Waals surface area contributed by atoms with Crippen LogP contribution in [0.15, 0.2) is 48.5 Å². The number of halogens is 4. The number of rotatable bonds is 7. The van der Waals surface area contributed by atoms with Crippen LogP contribution in [0.2, 0.25) is 5.02 Å². The number of benzene rings is 2. The SMILES string of the molecule is CC(C)(C)OC(=O)N1COC[C@H]1N([O-])N(c1cccc(F)c1)[C@H](C(=O)NC1CCC(F)(F)CC1)c1ccccc1Cl. The minimum atomic E-state index is -2.81. The fourth-order valence-electron chi connectivity index (χ4n) is 4.79. The fourth-order valence-corrected chi connectivity index (χ4v) is 5.03. The van der Waals surface area contributed by atoms with Crippen molar-refractivity contribution in [2.24, 2.45) is 0 Å². The van der Waals surface area contributed by atoms with Crippen LogP contribution in [0.4, 0.5) is 23.7 Å². The number of ether oxygens (including phenoxy) is 2. The summed E-state index contributed by atoms with van der Waals surface area (Å²) in [5.74, 6) is -4.20. The highest BCUT2D eigenvalue weighted by Crippen LogP contribution is 2.37. The van der Waals surface area contributed by atoms with Crippen LogP contribution in [0.3, 0.4) is 0 Å². The van der Waals surface area contributed by atoms with Gasteiger partial charge >= 0.3 is 6.09 Å². The van der Waals surface area contributed by atoms with Crippen LogP contribution in [0, 0.1) is 11.0 Å². The van der Waals surface area contributed by atoms with Gasteiger partial charge in [0, 0.05) is 29.5 Å². The van der Waals surface area contributed by atoms with Crippen LogP contribution in [-0.4, -0.2) is 59.1 Å². The molecule has 4 rings (SSSR count). The molecule has 2 fully saturated rings. The summed E-state index contributed by atoms with van der Waals surface area (Å²) < 4.78 is 52.9. The van der Waals surface area contributed by atoms with Crippen molar-refractivity contribution in [3.8, 4) is 0 Å². The van der Waals surface area contributed by atoms with E-state index in [-0.39, 0.29) is 55.3 Å². The van der Waals surface area contributed by atoms with Gasteiger partial charge in [0.05, 0.1) is 12.3 Å². The van der Waals surface area contributed by atoms with E-state index in [0.717, 1.165) is 16.0 Å². The van der Waals surface area contributed by atoms with E-state index < -0.39 is 47.6 Å². The van der Waals surface area contributed by atoms with Crippen LogP contribution in [0.25, 0.3) is 0 Å². The maximum atomic E-state index is 14.5. The minimum absolute atomic E-state index is 0.00807. The summed E-state index contributed by atoms with van der Waals surface area (Å²) in [6.45, 7) is 4.52. The molecule has 2 aromatic carbocycles. The normalized spacial score (nSPS) is 20.1. The summed E-state index contributed by atoms with van der Waals surface area (Å²) >= 11 is 6.51. The standard InChI is InChI=1S/C28H33ClF3N4O5/c1-27(2,3)41-26(38)34-17-40-16-23(34)36(39)35(20-8-6-7-18(30)15-20)24(21-9-4-5-10-22(21)29)25(37)33-19-11-13-28(31,32)14-12-19/h4-10,15,19,23-24H,11-14,16-17H2,1-3H3,(H,33,37)/q-1/t23-,24+/m1/s1. The molecule has 1 heterocycles. The third-order valence-corrected chi connectivity index (χ3v) is 7.13. The lowest BCUT2D eigenvalue weighted by Gasteiger charge is -2.50. The lowest BCUT2D eigenvalue weighted by molar-refractivity contribution is -0.125. The molecule has 2 aliphatic rings. The predicted octanol–water partition coefficient (Wildman–Crippen LogP) is 5.99. The highest BCUT2D eigenvalue weighted by Gasteiger charge is 2.41. The highest BCUT2D eigenvalue weighted by molar-refractivity contribution is 6.31. The summed E-state index contributed by atoms with van der Waals surface area (Å²) in [6.07, 6.45) is -2.81. The van der Waals surface area contributed by atoms with Crippen molar-refractivity contribution in [1.82, 2.24) is 15.4 Å². The van der Waals surface area contributed by atoms with E-state index in [1.165, 1.54) is 24.3 Å². The van der Waals surface area contributed by atoms with Crippen LogP contribution in [0.5, 0.6) is 0 Å². The van der Waals surface area contributed by atoms with Gasteiger partial charge in [0.25, 0.3) is 0 Å². The van der Waals surface area contributed by atoms with Crippen LogP contribution >= 0.6 is 11.6 Å². The van der Waals surface area contributed by atoms with Crippen molar-refractivity contribution in [3.05, 3.63) is 70.1 Å². The van der Waals surface area contributed by atoms with Crippen molar-refractivity contribution < 1.29 is 32.2 Å². The van der Waals surface area contributed by atoms with Gasteiger partial charge in [-0.2, -0.15) is 0 Å². The van der Waals surface area contributed by atoms with E-state index >= 15 is 0 Å². The second-order valence-corrected chi connectivity index (χ2v) is 11.5. The minimum Gasteiger partial charge on any atom is -0.766 e. The summed E-state index contributed by atoms with van der Waals surface area (Å²) in [7, 11) is 0. The number of hydroxylamine groups is 1. The Kier molecular flexibility index (Phi) is 9.37. The van der Waals surface area contributed by atoms with Gasteiger partial charge in [-0.15, -0.1) is 0 Å². The number of alkyl halides is 2. The Labute approximate surface area is 241 Å². The molecule has 0 unspecified atom stereocenters. The van der Waals surface area contributed by atoms with E-state index in [2.05, 4.69) is 5.32 Å². The van der Waals surface area contributed by atoms with Crippen molar-refractivity contribution in [3.63, 3.8) is 0 Å². The van der Waals surface area contributed by atoms with Gasteiger partial charge in [-0.05, 0) is 57.9 Å². The number of hydrogen-bond donors (Lipinski definition) is 1. The number of nitrogens with zero attached hydrogens (tertiary/aromatic N) is 3. The average molecular weight is 598 g/mol. The van der Waals surface area contributed by atoms with E-state index in [9.17, 15) is 28.0 Å². The van der Waals surface area contributed by atoms with Gasteiger partial charge in [0.1, 0.15) is 30.4 Å². The van der Waals surface area contributed by atoms with Gasteiger partial charge in [0.2, 0.25) is 11.8 Å². The molecule has 1 aliphatic carbocycles. The summed E-state index contributed by atoms with van der Waals surface area (Å²) in [5, 5.41) is 18.5. The molecule has 0 aromatic heterocycles. The van der Waals surface area contributed by atoms with Gasteiger partial charge < -0.3 is 20.0 Å². The average Bonchev–Trinajstić information content (AvgIpc) is 3.38. The molecule has 41 heavy (non-hydrogen) atoms. The molecule has 2 aromatic rings. The van der Waals surface area contributed by atoms with E-state index in [1.54, 1.807) is 39.0 Å². The maximum absolute atomic E-state index is 14.5. The topological polar surface area (TPSA) is 97.4 Å². The molecule has 224 valence electrons. The predicted molar refractivity (Wildman–Crippen MR) is 146 cm³/mol. The molecule has 1 saturated carbocycles. The van der Waals surface area contributed by atoms with E-state index in [0.29, 0.717) is 5.17 Å². The fraction of sp³-hybridized carbons (Fsp3) is 0.500. The lowest BCUT2D eigenvalue weighted by atomic mass is 9.91. The summed E-state index contributed by atoms with van der Waals surface area (Å²) in [4.78, 5) is 28.0. The number of hydrazine groups is 1. The molecule has 0 bridgehead atoms. The Morgan fingerprint density at radius 1 is 1.17 bits per heavy atom. The molecular weight excluding hydrogens is 565 g/mol. The van der Waals surface area contributed by atoms with Crippen molar-refractivity contribution in [2.75, 3.05) is 18.3 Å². The summed E-state index contributed by atoms with van der Waals surface area (Å²) in [5.41, 5.74) is -0.663. The van der Waals surface area contributed by atoms with Crippen molar-refractivity contribution >= 4 is 29.3 Å². The number of hydrogen-bond acceptors (Lipinski definition) is 7. The number of anilines is 1. The first-order valence-electron chi connectivity index (χ1n) is 13.3. The first-order chi connectivity index (χ1) is 19.3.